The average molecular weight is 241 g/mol. The molecule has 1 saturated carbocycles. The van der Waals surface area contributed by atoms with E-state index in [1.54, 1.807) is 0 Å². The normalized spacial score (nSPS) is 25.9. The second-order valence-corrected chi connectivity index (χ2v) is 5.23. The average Bonchev–Trinajstić information content (AvgIpc) is 2.63. The van der Waals surface area contributed by atoms with Gasteiger partial charge in [-0.1, -0.05) is 19.8 Å². The summed E-state index contributed by atoms with van der Waals surface area (Å²) in [6.45, 7) is 3.17. The number of H-pyrrole nitrogens is 1. The van der Waals surface area contributed by atoms with E-state index in [-0.39, 0.29) is 6.61 Å². The zero-order valence-corrected chi connectivity index (χ0v) is 10.5. The monoisotopic (exact) mass is 241 g/mol. The van der Waals surface area contributed by atoms with Gasteiger partial charge < -0.3 is 9.67 Å². The molecule has 90 valence electrons. The standard InChI is InChI=1S/C11H19N3OS/c1-8-2-4-9(5-3-8)6-14-10(7-15)12-13-11(14)16/h8-9,15H,2-7H2,1H3,(H,13,16). The van der Waals surface area contributed by atoms with Crippen LogP contribution in [0, 0.1) is 16.6 Å². The van der Waals surface area contributed by atoms with Gasteiger partial charge in [-0.05, 0) is 36.9 Å². The second-order valence-electron chi connectivity index (χ2n) is 4.84. The molecule has 1 aliphatic rings. The Balaban J connectivity index is 2.03. The van der Waals surface area contributed by atoms with Gasteiger partial charge in [-0.3, -0.25) is 5.10 Å². The van der Waals surface area contributed by atoms with E-state index in [2.05, 4.69) is 17.1 Å². The van der Waals surface area contributed by atoms with E-state index < -0.39 is 0 Å². The topological polar surface area (TPSA) is 53.8 Å². The maximum atomic E-state index is 9.15. The molecule has 2 rings (SSSR count). The van der Waals surface area contributed by atoms with Crippen molar-refractivity contribution in [2.45, 2.75) is 45.8 Å². The van der Waals surface area contributed by atoms with Crippen LogP contribution in [0.1, 0.15) is 38.4 Å². The van der Waals surface area contributed by atoms with E-state index in [4.69, 9.17) is 17.3 Å². The lowest BCUT2D eigenvalue weighted by molar-refractivity contribution is 0.240. The summed E-state index contributed by atoms with van der Waals surface area (Å²) in [5, 5.41) is 15.9. The maximum Gasteiger partial charge on any atom is 0.195 e. The van der Waals surface area contributed by atoms with Crippen LogP contribution in [0.2, 0.25) is 0 Å². The number of aliphatic hydroxyl groups is 1. The van der Waals surface area contributed by atoms with Crippen molar-refractivity contribution >= 4 is 12.2 Å². The molecule has 0 spiro atoms. The van der Waals surface area contributed by atoms with Gasteiger partial charge in [-0.15, -0.1) is 0 Å². The Morgan fingerprint density at radius 2 is 2.12 bits per heavy atom. The zero-order valence-electron chi connectivity index (χ0n) is 9.65. The molecule has 0 unspecified atom stereocenters. The number of aromatic nitrogens is 3. The molecule has 2 N–H and O–H groups in total. The fraction of sp³-hybridized carbons (Fsp3) is 0.818. The minimum absolute atomic E-state index is 0.0454. The first kappa shape index (κ1) is 11.8. The van der Waals surface area contributed by atoms with Crippen molar-refractivity contribution in [1.29, 1.82) is 0 Å². The zero-order chi connectivity index (χ0) is 11.5. The molecule has 0 saturated heterocycles. The Labute approximate surface area is 101 Å². The first-order valence-electron chi connectivity index (χ1n) is 5.95. The minimum atomic E-state index is -0.0454. The smallest absolute Gasteiger partial charge is 0.195 e. The fourth-order valence-electron chi connectivity index (χ4n) is 2.43. The molecule has 0 aromatic carbocycles. The van der Waals surface area contributed by atoms with Crippen LogP contribution >= 0.6 is 12.2 Å². The van der Waals surface area contributed by atoms with Gasteiger partial charge >= 0.3 is 0 Å². The molecular formula is C11H19N3OS. The van der Waals surface area contributed by atoms with Crippen molar-refractivity contribution in [2.24, 2.45) is 11.8 Å². The van der Waals surface area contributed by atoms with Crippen molar-refractivity contribution in [3.63, 3.8) is 0 Å². The molecule has 5 heteroatoms. The van der Waals surface area contributed by atoms with Crippen LogP contribution < -0.4 is 0 Å². The van der Waals surface area contributed by atoms with Gasteiger partial charge in [0.1, 0.15) is 6.61 Å². The Bertz CT molecular complexity index is 390. The summed E-state index contributed by atoms with van der Waals surface area (Å²) in [7, 11) is 0. The van der Waals surface area contributed by atoms with Crippen LogP contribution in [0.15, 0.2) is 0 Å². The van der Waals surface area contributed by atoms with Gasteiger partial charge in [0.25, 0.3) is 0 Å². The SMILES string of the molecule is CC1CCC(Cn2c(CO)n[nH]c2=S)CC1. The number of hydrogen-bond acceptors (Lipinski definition) is 3. The summed E-state index contributed by atoms with van der Waals surface area (Å²) in [5.74, 6) is 2.21. The third kappa shape index (κ3) is 2.52. The highest BCUT2D eigenvalue weighted by Crippen LogP contribution is 2.29. The first-order chi connectivity index (χ1) is 7.70. The fourth-order valence-corrected chi connectivity index (χ4v) is 2.65. The third-order valence-corrected chi connectivity index (χ3v) is 3.87. The lowest BCUT2D eigenvalue weighted by Crippen LogP contribution is -2.19. The first-order valence-corrected chi connectivity index (χ1v) is 6.36. The van der Waals surface area contributed by atoms with Gasteiger partial charge in [-0.2, -0.15) is 5.10 Å². The summed E-state index contributed by atoms with van der Waals surface area (Å²) < 4.78 is 2.57. The van der Waals surface area contributed by atoms with Crippen LogP contribution in [0.3, 0.4) is 0 Å². The largest absolute Gasteiger partial charge is 0.388 e. The van der Waals surface area contributed by atoms with Crippen LogP contribution in [0.5, 0.6) is 0 Å². The lowest BCUT2D eigenvalue weighted by Gasteiger charge is -2.26. The van der Waals surface area contributed by atoms with E-state index in [1.165, 1.54) is 25.7 Å². The molecule has 0 aliphatic heterocycles. The highest BCUT2D eigenvalue weighted by Gasteiger charge is 2.19. The molecule has 1 fully saturated rings. The number of nitrogens with zero attached hydrogens (tertiary/aromatic N) is 2. The molecule has 1 aromatic heterocycles. The minimum Gasteiger partial charge on any atom is -0.388 e. The summed E-state index contributed by atoms with van der Waals surface area (Å²) in [5.41, 5.74) is 0. The van der Waals surface area contributed by atoms with Gasteiger partial charge in [0.05, 0.1) is 0 Å². The van der Waals surface area contributed by atoms with Gasteiger partial charge in [0, 0.05) is 6.54 Å². The van der Waals surface area contributed by atoms with Crippen LogP contribution in [0.25, 0.3) is 0 Å². The Morgan fingerprint density at radius 3 is 2.75 bits per heavy atom. The quantitative estimate of drug-likeness (QED) is 0.798. The van der Waals surface area contributed by atoms with Crippen molar-refractivity contribution in [3.05, 3.63) is 10.6 Å². The van der Waals surface area contributed by atoms with E-state index in [0.717, 1.165) is 12.5 Å². The molecule has 0 atom stereocenters. The number of rotatable bonds is 3. The van der Waals surface area contributed by atoms with E-state index in [0.29, 0.717) is 16.5 Å². The van der Waals surface area contributed by atoms with E-state index in [1.807, 2.05) is 4.57 Å². The predicted octanol–water partition coefficient (Wildman–Crippen LogP) is 2.26. The molecule has 0 amide bonds. The molecular weight excluding hydrogens is 222 g/mol. The van der Waals surface area contributed by atoms with E-state index >= 15 is 0 Å². The number of aliphatic hydroxyl groups excluding tert-OH is 1. The second kappa shape index (κ2) is 5.10. The van der Waals surface area contributed by atoms with Gasteiger partial charge in [0.2, 0.25) is 0 Å². The molecule has 0 radical (unpaired) electrons. The van der Waals surface area contributed by atoms with Gasteiger partial charge in [-0.25, -0.2) is 0 Å². The van der Waals surface area contributed by atoms with Crippen LogP contribution in [-0.2, 0) is 13.2 Å². The summed E-state index contributed by atoms with van der Waals surface area (Å²) in [6, 6.07) is 0. The van der Waals surface area contributed by atoms with Crippen molar-refractivity contribution in [2.75, 3.05) is 0 Å². The van der Waals surface area contributed by atoms with Crippen molar-refractivity contribution in [1.82, 2.24) is 14.8 Å². The highest BCUT2D eigenvalue weighted by molar-refractivity contribution is 7.71. The van der Waals surface area contributed by atoms with E-state index in [9.17, 15) is 0 Å². The number of aromatic amines is 1. The van der Waals surface area contributed by atoms with Crippen molar-refractivity contribution in [3.8, 4) is 0 Å². The van der Waals surface area contributed by atoms with Gasteiger partial charge in [0.15, 0.2) is 10.6 Å². The Hall–Kier alpha value is -0.680. The lowest BCUT2D eigenvalue weighted by atomic mass is 9.83. The van der Waals surface area contributed by atoms with Crippen molar-refractivity contribution < 1.29 is 5.11 Å². The number of nitrogens with one attached hydrogen (secondary N) is 1. The maximum absolute atomic E-state index is 9.15. The van der Waals surface area contributed by atoms with Crippen LogP contribution in [0.4, 0.5) is 0 Å². The number of hydrogen-bond donors (Lipinski definition) is 2. The molecule has 1 heterocycles. The Morgan fingerprint density at radius 1 is 1.44 bits per heavy atom. The van der Waals surface area contributed by atoms with Crippen LogP contribution in [-0.4, -0.2) is 19.9 Å². The summed E-state index contributed by atoms with van der Waals surface area (Å²) >= 11 is 5.16. The molecule has 1 aromatic rings. The highest BCUT2D eigenvalue weighted by atomic mass is 32.1. The molecule has 1 aliphatic carbocycles. The molecule has 0 bridgehead atoms. The molecule has 4 nitrogen and oxygen atoms in total. The molecule has 16 heavy (non-hydrogen) atoms. The third-order valence-electron chi connectivity index (χ3n) is 3.55. The predicted molar refractivity (Wildman–Crippen MR) is 64.5 cm³/mol. The Kier molecular flexibility index (Phi) is 3.76. The summed E-state index contributed by atoms with van der Waals surface area (Å²) in [6.07, 6.45) is 5.15. The summed E-state index contributed by atoms with van der Waals surface area (Å²) in [4.78, 5) is 0.